The van der Waals surface area contributed by atoms with Crippen molar-refractivity contribution < 1.29 is 14.6 Å². The zero-order valence-corrected chi connectivity index (χ0v) is 12.3. The van der Waals surface area contributed by atoms with Gasteiger partial charge in [0.1, 0.15) is 5.75 Å². The number of nitrogens with two attached hydrogens (primary N) is 1. The van der Waals surface area contributed by atoms with Gasteiger partial charge in [0.25, 0.3) is 0 Å². The van der Waals surface area contributed by atoms with Gasteiger partial charge in [-0.05, 0) is 50.5 Å². The zero-order chi connectivity index (χ0) is 13.9. The van der Waals surface area contributed by atoms with Crippen LogP contribution in [0.2, 0.25) is 0 Å². The van der Waals surface area contributed by atoms with Crippen molar-refractivity contribution >= 4 is 21.9 Å². The van der Waals surface area contributed by atoms with E-state index in [0.717, 1.165) is 15.6 Å². The third-order valence-corrected chi connectivity index (χ3v) is 2.96. The van der Waals surface area contributed by atoms with E-state index in [1.54, 1.807) is 0 Å². The molecule has 0 aliphatic carbocycles. The predicted molar refractivity (Wildman–Crippen MR) is 74.0 cm³/mol. The van der Waals surface area contributed by atoms with Crippen molar-refractivity contribution in [2.75, 3.05) is 0 Å². The summed E-state index contributed by atoms with van der Waals surface area (Å²) in [4.78, 5) is 10.9. The predicted octanol–water partition coefficient (Wildman–Crippen LogP) is 2.50. The molecule has 2 atom stereocenters. The highest BCUT2D eigenvalue weighted by Crippen LogP contribution is 2.29. The van der Waals surface area contributed by atoms with Crippen LogP contribution in [0.25, 0.3) is 0 Å². The Bertz CT molecular complexity index is 446. The van der Waals surface area contributed by atoms with Gasteiger partial charge in [-0.15, -0.1) is 0 Å². The highest BCUT2D eigenvalue weighted by Gasteiger charge is 2.17. The second kappa shape index (κ2) is 6.20. The number of carbonyl (C=O) groups is 1. The highest BCUT2D eigenvalue weighted by atomic mass is 79.9. The topological polar surface area (TPSA) is 72.5 Å². The van der Waals surface area contributed by atoms with Crippen LogP contribution in [0.15, 0.2) is 16.6 Å². The number of hydrogen-bond donors (Lipinski definition) is 2. The Hall–Kier alpha value is -1.07. The number of hydrogen-bond acceptors (Lipinski definition) is 3. The lowest BCUT2D eigenvalue weighted by Crippen LogP contribution is -2.25. The summed E-state index contributed by atoms with van der Waals surface area (Å²) in [5.41, 5.74) is 7.61. The van der Waals surface area contributed by atoms with Gasteiger partial charge in [-0.1, -0.05) is 15.9 Å². The Labute approximate surface area is 115 Å². The highest BCUT2D eigenvalue weighted by molar-refractivity contribution is 9.10. The molecule has 4 nitrogen and oxygen atoms in total. The molecule has 0 aromatic heterocycles. The SMILES string of the molecule is Cc1cc(Br)cc(CC(C)N)c1OC(C)C(=O)O. The summed E-state index contributed by atoms with van der Waals surface area (Å²) in [7, 11) is 0. The normalized spacial score (nSPS) is 14.1. The molecule has 5 heteroatoms. The summed E-state index contributed by atoms with van der Waals surface area (Å²) in [6, 6.07) is 3.80. The van der Waals surface area contributed by atoms with Crippen LogP contribution in [0.4, 0.5) is 0 Å². The Morgan fingerprint density at radius 1 is 1.50 bits per heavy atom. The minimum atomic E-state index is -0.982. The third-order valence-electron chi connectivity index (χ3n) is 2.50. The lowest BCUT2D eigenvalue weighted by Gasteiger charge is -2.18. The second-order valence-corrected chi connectivity index (χ2v) is 5.41. The van der Waals surface area contributed by atoms with Crippen LogP contribution in [0.1, 0.15) is 25.0 Å². The minimum Gasteiger partial charge on any atom is -0.479 e. The molecule has 0 saturated carbocycles. The van der Waals surface area contributed by atoms with Gasteiger partial charge in [0, 0.05) is 10.5 Å². The summed E-state index contributed by atoms with van der Waals surface area (Å²) < 4.78 is 6.45. The van der Waals surface area contributed by atoms with E-state index in [1.165, 1.54) is 6.92 Å². The van der Waals surface area contributed by atoms with Gasteiger partial charge in [-0.2, -0.15) is 0 Å². The molecule has 0 heterocycles. The van der Waals surface area contributed by atoms with Crippen LogP contribution in [0.5, 0.6) is 5.75 Å². The molecule has 0 aliphatic rings. The molecule has 0 aliphatic heterocycles. The lowest BCUT2D eigenvalue weighted by atomic mass is 10.0. The number of aryl methyl sites for hydroxylation is 1. The maximum Gasteiger partial charge on any atom is 0.344 e. The Kier molecular flexibility index (Phi) is 5.16. The first kappa shape index (κ1) is 15.0. The van der Waals surface area contributed by atoms with Gasteiger partial charge >= 0.3 is 5.97 Å². The number of carboxylic acids is 1. The standard InChI is InChI=1S/C13H18BrNO3/c1-7-4-11(14)6-10(5-8(2)15)12(7)18-9(3)13(16)17/h4,6,8-9H,5,15H2,1-3H3,(H,16,17). The average Bonchev–Trinajstić information content (AvgIpc) is 2.21. The van der Waals surface area contributed by atoms with E-state index in [0.29, 0.717) is 12.2 Å². The van der Waals surface area contributed by atoms with Crippen LogP contribution in [0.3, 0.4) is 0 Å². The summed E-state index contributed by atoms with van der Waals surface area (Å²) in [6.07, 6.45) is -0.237. The van der Waals surface area contributed by atoms with Crippen molar-refractivity contribution in [2.24, 2.45) is 5.73 Å². The summed E-state index contributed by atoms with van der Waals surface area (Å²) >= 11 is 3.42. The van der Waals surface area contributed by atoms with Gasteiger partial charge in [-0.3, -0.25) is 0 Å². The summed E-state index contributed by atoms with van der Waals surface area (Å²) in [6.45, 7) is 5.31. The van der Waals surface area contributed by atoms with Crippen molar-refractivity contribution in [3.05, 3.63) is 27.7 Å². The molecule has 0 bridgehead atoms. The minimum absolute atomic E-state index is 0.0128. The first-order valence-electron chi connectivity index (χ1n) is 5.75. The van der Waals surface area contributed by atoms with Crippen molar-refractivity contribution in [2.45, 2.75) is 39.3 Å². The Balaban J connectivity index is 3.10. The molecule has 0 radical (unpaired) electrons. The molecular formula is C13H18BrNO3. The quantitative estimate of drug-likeness (QED) is 0.875. The van der Waals surface area contributed by atoms with Crippen molar-refractivity contribution in [3.63, 3.8) is 0 Å². The van der Waals surface area contributed by atoms with E-state index in [4.69, 9.17) is 15.6 Å². The fourth-order valence-corrected chi connectivity index (χ4v) is 2.31. The van der Waals surface area contributed by atoms with E-state index in [2.05, 4.69) is 15.9 Å². The summed E-state index contributed by atoms with van der Waals surface area (Å²) in [5, 5.41) is 8.90. The fourth-order valence-electron chi connectivity index (χ4n) is 1.69. The van der Waals surface area contributed by atoms with Gasteiger partial charge in [0.05, 0.1) is 0 Å². The maximum absolute atomic E-state index is 10.9. The van der Waals surface area contributed by atoms with Gasteiger partial charge < -0.3 is 15.6 Å². The van der Waals surface area contributed by atoms with Gasteiger partial charge in [0.15, 0.2) is 6.10 Å². The molecule has 0 spiro atoms. The molecule has 2 unspecified atom stereocenters. The summed E-state index contributed by atoms with van der Waals surface area (Å²) in [5.74, 6) is -0.366. The average molecular weight is 316 g/mol. The second-order valence-electron chi connectivity index (χ2n) is 4.49. The molecule has 1 aromatic rings. The van der Waals surface area contributed by atoms with Crippen LogP contribution < -0.4 is 10.5 Å². The lowest BCUT2D eigenvalue weighted by molar-refractivity contribution is -0.144. The van der Waals surface area contributed by atoms with E-state index in [-0.39, 0.29) is 6.04 Å². The third kappa shape index (κ3) is 3.99. The van der Waals surface area contributed by atoms with Crippen LogP contribution >= 0.6 is 15.9 Å². The fraction of sp³-hybridized carbons (Fsp3) is 0.462. The number of carboxylic acid groups (broad SMARTS) is 1. The molecule has 3 N–H and O–H groups in total. The zero-order valence-electron chi connectivity index (χ0n) is 10.7. The Morgan fingerprint density at radius 2 is 2.11 bits per heavy atom. The van der Waals surface area contributed by atoms with Gasteiger partial charge in [-0.25, -0.2) is 4.79 Å². The first-order chi connectivity index (χ1) is 8.31. The van der Waals surface area contributed by atoms with Crippen molar-refractivity contribution in [1.29, 1.82) is 0 Å². The van der Waals surface area contributed by atoms with Crippen LogP contribution in [-0.2, 0) is 11.2 Å². The van der Waals surface area contributed by atoms with Gasteiger partial charge in [0.2, 0.25) is 0 Å². The van der Waals surface area contributed by atoms with E-state index < -0.39 is 12.1 Å². The molecule has 0 fully saturated rings. The maximum atomic E-state index is 10.9. The molecule has 100 valence electrons. The molecule has 18 heavy (non-hydrogen) atoms. The van der Waals surface area contributed by atoms with E-state index in [1.807, 2.05) is 26.0 Å². The number of halogens is 1. The number of rotatable bonds is 5. The van der Waals surface area contributed by atoms with E-state index in [9.17, 15) is 4.79 Å². The number of aliphatic carboxylic acids is 1. The number of benzene rings is 1. The molecule has 1 rings (SSSR count). The number of ether oxygens (including phenoxy) is 1. The molecule has 0 saturated heterocycles. The van der Waals surface area contributed by atoms with Crippen LogP contribution in [0, 0.1) is 6.92 Å². The molecule has 0 amide bonds. The Morgan fingerprint density at radius 3 is 2.61 bits per heavy atom. The van der Waals surface area contributed by atoms with Crippen molar-refractivity contribution in [3.8, 4) is 5.75 Å². The first-order valence-corrected chi connectivity index (χ1v) is 6.54. The molecule has 1 aromatic carbocycles. The van der Waals surface area contributed by atoms with Crippen molar-refractivity contribution in [1.82, 2.24) is 0 Å². The largest absolute Gasteiger partial charge is 0.479 e. The smallest absolute Gasteiger partial charge is 0.344 e. The monoisotopic (exact) mass is 315 g/mol. The van der Waals surface area contributed by atoms with E-state index >= 15 is 0 Å². The molecular weight excluding hydrogens is 298 g/mol. The van der Waals surface area contributed by atoms with Crippen LogP contribution in [-0.4, -0.2) is 23.2 Å².